The highest BCUT2D eigenvalue weighted by Crippen LogP contribution is 2.00. The number of aryl methyl sites for hydroxylation is 1. The Morgan fingerprint density at radius 2 is 2.17 bits per heavy atom. The molecule has 0 aliphatic carbocycles. The lowest BCUT2D eigenvalue weighted by Gasteiger charge is -2.05. The van der Waals surface area contributed by atoms with Gasteiger partial charge < -0.3 is 15.8 Å². The van der Waals surface area contributed by atoms with Gasteiger partial charge in [-0.1, -0.05) is 6.07 Å². The predicted molar refractivity (Wildman–Crippen MR) is 65.7 cm³/mol. The number of nitrogens with two attached hydrogens (primary N) is 1. The molecule has 1 heterocycles. The number of unbranched alkanes of at least 4 members (excludes halogenated alkanes) is 1. The molecule has 1 rings (SSSR count). The van der Waals surface area contributed by atoms with Gasteiger partial charge in [0.1, 0.15) is 0 Å². The highest BCUT2D eigenvalue weighted by molar-refractivity contribution is 5.78. The van der Waals surface area contributed by atoms with Crippen LogP contribution in [-0.4, -0.2) is 30.1 Å². The molecule has 18 heavy (non-hydrogen) atoms. The van der Waals surface area contributed by atoms with Crippen molar-refractivity contribution in [2.75, 3.05) is 13.2 Å². The number of hydrogen-bond acceptors (Lipinski definition) is 4. The molecular formula is C12H17N3O3. The van der Waals surface area contributed by atoms with Crippen LogP contribution in [0.4, 0.5) is 4.79 Å². The molecule has 98 valence electrons. The van der Waals surface area contributed by atoms with E-state index in [9.17, 15) is 9.59 Å². The van der Waals surface area contributed by atoms with Crippen molar-refractivity contribution < 1.29 is 14.3 Å². The Labute approximate surface area is 106 Å². The molecule has 1 aromatic heterocycles. The lowest BCUT2D eigenvalue weighted by Crippen LogP contribution is -2.29. The molecule has 0 radical (unpaired) electrons. The quantitative estimate of drug-likeness (QED) is 0.694. The maximum Gasteiger partial charge on any atom is 0.407 e. The molecule has 0 aliphatic rings. The average molecular weight is 251 g/mol. The number of rotatable bonds is 7. The van der Waals surface area contributed by atoms with Gasteiger partial charge in [0, 0.05) is 18.4 Å². The van der Waals surface area contributed by atoms with Crippen LogP contribution in [0.1, 0.15) is 18.5 Å². The van der Waals surface area contributed by atoms with Crippen LogP contribution in [0.25, 0.3) is 0 Å². The summed E-state index contributed by atoms with van der Waals surface area (Å²) in [7, 11) is 0. The highest BCUT2D eigenvalue weighted by atomic mass is 16.6. The Balaban J connectivity index is 2.02. The first-order valence-corrected chi connectivity index (χ1v) is 5.77. The Kier molecular flexibility index (Phi) is 6.24. The number of nitrogens with one attached hydrogen (secondary N) is 1. The van der Waals surface area contributed by atoms with Gasteiger partial charge in [-0.25, -0.2) is 4.79 Å². The van der Waals surface area contributed by atoms with E-state index in [4.69, 9.17) is 5.73 Å². The fourth-order valence-electron chi connectivity index (χ4n) is 1.36. The van der Waals surface area contributed by atoms with E-state index in [0.717, 1.165) is 25.0 Å². The van der Waals surface area contributed by atoms with E-state index in [-0.39, 0.29) is 6.61 Å². The summed E-state index contributed by atoms with van der Waals surface area (Å²) in [6.07, 6.45) is 3.76. The standard InChI is InChI=1S/C12H17N3O3/c13-11(16)9-18-12(17)15-8-4-2-6-10-5-1-3-7-14-10/h1,3,5,7H,2,4,6,8-9H2,(H2,13,16)(H,15,17). The number of hydrogen-bond donors (Lipinski definition) is 2. The molecule has 6 heteroatoms. The number of ether oxygens (including phenoxy) is 1. The van der Waals surface area contributed by atoms with Gasteiger partial charge in [0.25, 0.3) is 5.91 Å². The first-order valence-electron chi connectivity index (χ1n) is 5.77. The van der Waals surface area contributed by atoms with Crippen LogP contribution in [0.3, 0.4) is 0 Å². The van der Waals surface area contributed by atoms with Crippen LogP contribution in [0.2, 0.25) is 0 Å². The molecule has 0 atom stereocenters. The molecule has 0 spiro atoms. The van der Waals surface area contributed by atoms with Crippen LogP contribution in [0.15, 0.2) is 24.4 Å². The Hall–Kier alpha value is -2.11. The second-order valence-corrected chi connectivity index (χ2v) is 3.75. The van der Waals surface area contributed by atoms with Gasteiger partial charge in [0.2, 0.25) is 0 Å². The minimum absolute atomic E-state index is 0.389. The number of aromatic nitrogens is 1. The van der Waals surface area contributed by atoms with Gasteiger partial charge in [-0.05, 0) is 31.4 Å². The monoisotopic (exact) mass is 251 g/mol. The largest absolute Gasteiger partial charge is 0.439 e. The number of carbonyl (C=O) groups excluding carboxylic acids is 2. The molecule has 0 saturated heterocycles. The third-order valence-corrected chi connectivity index (χ3v) is 2.20. The molecule has 0 aliphatic heterocycles. The van der Waals surface area contributed by atoms with E-state index in [1.807, 2.05) is 18.2 Å². The van der Waals surface area contributed by atoms with E-state index >= 15 is 0 Å². The Morgan fingerprint density at radius 3 is 2.83 bits per heavy atom. The lowest BCUT2D eigenvalue weighted by atomic mass is 10.2. The third-order valence-electron chi connectivity index (χ3n) is 2.20. The smallest absolute Gasteiger partial charge is 0.407 e. The first kappa shape index (κ1) is 14.0. The van der Waals surface area contributed by atoms with Gasteiger partial charge in [-0.3, -0.25) is 9.78 Å². The zero-order chi connectivity index (χ0) is 13.2. The van der Waals surface area contributed by atoms with Gasteiger partial charge in [-0.15, -0.1) is 0 Å². The Bertz CT molecular complexity index is 381. The molecule has 0 bridgehead atoms. The number of nitrogens with zero attached hydrogens (tertiary/aromatic N) is 1. The van der Waals surface area contributed by atoms with E-state index in [1.165, 1.54) is 0 Å². The third kappa shape index (κ3) is 6.47. The molecular weight excluding hydrogens is 234 g/mol. The van der Waals surface area contributed by atoms with Gasteiger partial charge in [0.15, 0.2) is 6.61 Å². The number of pyridine rings is 1. The van der Waals surface area contributed by atoms with Gasteiger partial charge in [0.05, 0.1) is 0 Å². The topological polar surface area (TPSA) is 94.3 Å². The molecule has 3 N–H and O–H groups in total. The van der Waals surface area contributed by atoms with Crippen molar-refractivity contribution in [2.45, 2.75) is 19.3 Å². The van der Waals surface area contributed by atoms with Crippen LogP contribution in [0, 0.1) is 0 Å². The normalized spacial score (nSPS) is 9.78. The summed E-state index contributed by atoms with van der Waals surface area (Å²) >= 11 is 0. The van der Waals surface area contributed by atoms with Crippen molar-refractivity contribution in [3.8, 4) is 0 Å². The van der Waals surface area contributed by atoms with Crippen molar-refractivity contribution in [3.63, 3.8) is 0 Å². The molecule has 1 aromatic rings. The van der Waals surface area contributed by atoms with E-state index in [2.05, 4.69) is 15.0 Å². The molecule has 2 amide bonds. The van der Waals surface area contributed by atoms with Crippen LogP contribution >= 0.6 is 0 Å². The molecule has 0 fully saturated rings. The number of amides is 2. The Morgan fingerprint density at radius 1 is 1.33 bits per heavy atom. The fourth-order valence-corrected chi connectivity index (χ4v) is 1.36. The highest BCUT2D eigenvalue weighted by Gasteiger charge is 2.02. The summed E-state index contributed by atoms with van der Waals surface area (Å²) in [5.74, 6) is -0.666. The summed E-state index contributed by atoms with van der Waals surface area (Å²) in [6.45, 7) is 0.115. The maximum atomic E-state index is 11.0. The zero-order valence-electron chi connectivity index (χ0n) is 10.1. The number of alkyl carbamates (subject to hydrolysis) is 1. The van der Waals surface area contributed by atoms with Crippen molar-refractivity contribution in [2.24, 2.45) is 5.73 Å². The summed E-state index contributed by atoms with van der Waals surface area (Å²) < 4.78 is 4.53. The predicted octanol–water partition coefficient (Wildman–Crippen LogP) is 0.616. The second kappa shape index (κ2) is 8.05. The van der Waals surface area contributed by atoms with Crippen molar-refractivity contribution in [1.82, 2.24) is 10.3 Å². The maximum absolute atomic E-state index is 11.0. The second-order valence-electron chi connectivity index (χ2n) is 3.75. The summed E-state index contributed by atoms with van der Waals surface area (Å²) in [5, 5.41) is 2.53. The summed E-state index contributed by atoms with van der Waals surface area (Å²) in [6, 6.07) is 5.79. The zero-order valence-corrected chi connectivity index (χ0v) is 10.1. The SMILES string of the molecule is NC(=O)COC(=O)NCCCCc1ccccn1. The van der Waals surface area contributed by atoms with Gasteiger partial charge in [-0.2, -0.15) is 0 Å². The van der Waals surface area contributed by atoms with Crippen molar-refractivity contribution >= 4 is 12.0 Å². The van der Waals surface area contributed by atoms with Crippen LogP contribution < -0.4 is 11.1 Å². The lowest BCUT2D eigenvalue weighted by molar-refractivity contribution is -0.120. The minimum Gasteiger partial charge on any atom is -0.439 e. The summed E-state index contributed by atoms with van der Waals surface area (Å²) in [4.78, 5) is 25.6. The van der Waals surface area contributed by atoms with Crippen molar-refractivity contribution in [3.05, 3.63) is 30.1 Å². The van der Waals surface area contributed by atoms with Crippen LogP contribution in [-0.2, 0) is 16.0 Å². The minimum atomic E-state index is -0.666. The molecule has 0 saturated carbocycles. The molecule has 0 unspecified atom stereocenters. The summed E-state index contributed by atoms with van der Waals surface area (Å²) in [5.41, 5.74) is 5.87. The average Bonchev–Trinajstić information content (AvgIpc) is 2.37. The van der Waals surface area contributed by atoms with E-state index in [0.29, 0.717) is 6.54 Å². The van der Waals surface area contributed by atoms with Crippen LogP contribution in [0.5, 0.6) is 0 Å². The number of carbonyl (C=O) groups is 2. The fraction of sp³-hybridized carbons (Fsp3) is 0.417. The van der Waals surface area contributed by atoms with Crippen molar-refractivity contribution in [1.29, 1.82) is 0 Å². The van der Waals surface area contributed by atoms with Gasteiger partial charge >= 0.3 is 6.09 Å². The first-order chi connectivity index (χ1) is 8.68. The molecule has 0 aromatic carbocycles. The molecule has 6 nitrogen and oxygen atoms in total. The number of primary amides is 1. The van der Waals surface area contributed by atoms with E-state index < -0.39 is 12.0 Å². The van der Waals surface area contributed by atoms with E-state index in [1.54, 1.807) is 6.20 Å².